The molecule has 0 aliphatic heterocycles. The van der Waals surface area contributed by atoms with E-state index in [0.717, 1.165) is 17.7 Å². The van der Waals surface area contributed by atoms with Crippen molar-refractivity contribution in [1.82, 2.24) is 5.32 Å². The third-order valence-corrected chi connectivity index (χ3v) is 3.33. The van der Waals surface area contributed by atoms with Crippen LogP contribution in [0, 0.1) is 5.41 Å². The number of carbonyl (C=O) groups is 2. The van der Waals surface area contributed by atoms with Crippen LogP contribution < -0.4 is 10.6 Å². The summed E-state index contributed by atoms with van der Waals surface area (Å²) in [5, 5.41) is 5.48. The van der Waals surface area contributed by atoms with Gasteiger partial charge in [-0.25, -0.2) is 4.79 Å². The lowest BCUT2D eigenvalue weighted by Crippen LogP contribution is -2.30. The molecule has 0 bridgehead atoms. The Morgan fingerprint density at radius 2 is 1.80 bits per heavy atom. The Balaban J connectivity index is 2.59. The molecule has 0 saturated heterocycles. The molecule has 0 heterocycles. The molecule has 2 N–H and O–H groups in total. The summed E-state index contributed by atoms with van der Waals surface area (Å²) in [6, 6.07) is 7.34. The summed E-state index contributed by atoms with van der Waals surface area (Å²) in [6.07, 6.45) is 0.312. The van der Waals surface area contributed by atoms with Gasteiger partial charge < -0.3 is 15.4 Å². The van der Waals surface area contributed by atoms with Crippen molar-refractivity contribution < 1.29 is 14.3 Å². The summed E-state index contributed by atoms with van der Waals surface area (Å²) >= 11 is 0. The third-order valence-electron chi connectivity index (χ3n) is 3.33. The molecule has 0 atom stereocenters. The molecule has 0 spiro atoms. The molecule has 1 aromatic rings. The lowest BCUT2D eigenvalue weighted by molar-refractivity contribution is -0.124. The van der Waals surface area contributed by atoms with Crippen LogP contribution in [0.1, 0.15) is 32.8 Å². The van der Waals surface area contributed by atoms with Crippen LogP contribution >= 0.6 is 0 Å². The molecule has 20 heavy (non-hydrogen) atoms. The predicted molar refractivity (Wildman–Crippen MR) is 78.4 cm³/mol. The van der Waals surface area contributed by atoms with Gasteiger partial charge in [0.1, 0.15) is 0 Å². The highest BCUT2D eigenvalue weighted by molar-refractivity contribution is 5.94. The van der Waals surface area contributed by atoms with Crippen molar-refractivity contribution in [2.24, 2.45) is 5.41 Å². The van der Waals surface area contributed by atoms with Crippen molar-refractivity contribution >= 4 is 17.7 Å². The SMILES string of the molecule is CCC(C)(C)C(=O)Nc1ccc(CNC(=O)OC)cc1. The molecule has 0 aliphatic rings. The van der Waals surface area contributed by atoms with Crippen molar-refractivity contribution in [2.75, 3.05) is 12.4 Å². The zero-order valence-corrected chi connectivity index (χ0v) is 12.4. The molecule has 1 aromatic carbocycles. The molecule has 5 heteroatoms. The summed E-state index contributed by atoms with van der Waals surface area (Å²) in [5.41, 5.74) is 1.30. The number of carbonyl (C=O) groups excluding carboxylic acids is 2. The molecule has 110 valence electrons. The van der Waals surface area contributed by atoms with Gasteiger partial charge in [0.2, 0.25) is 5.91 Å². The van der Waals surface area contributed by atoms with Crippen molar-refractivity contribution in [3.8, 4) is 0 Å². The van der Waals surface area contributed by atoms with E-state index in [1.54, 1.807) is 0 Å². The normalized spacial score (nSPS) is 10.8. The number of methoxy groups -OCH3 is 1. The highest BCUT2D eigenvalue weighted by Gasteiger charge is 2.25. The van der Waals surface area contributed by atoms with Gasteiger partial charge in [-0.15, -0.1) is 0 Å². The Labute approximate surface area is 119 Å². The largest absolute Gasteiger partial charge is 0.453 e. The van der Waals surface area contributed by atoms with Gasteiger partial charge >= 0.3 is 6.09 Å². The van der Waals surface area contributed by atoms with Crippen molar-refractivity contribution in [3.05, 3.63) is 29.8 Å². The Morgan fingerprint density at radius 1 is 1.20 bits per heavy atom. The summed E-state index contributed by atoms with van der Waals surface area (Å²) < 4.78 is 4.49. The Bertz CT molecular complexity index is 467. The Morgan fingerprint density at radius 3 is 2.30 bits per heavy atom. The van der Waals surface area contributed by atoms with E-state index in [1.165, 1.54) is 7.11 Å². The molecule has 0 aliphatic carbocycles. The summed E-state index contributed by atoms with van der Waals surface area (Å²) in [7, 11) is 1.32. The second kappa shape index (κ2) is 6.93. The fourth-order valence-electron chi connectivity index (χ4n) is 1.41. The molecule has 0 aromatic heterocycles. The summed E-state index contributed by atoms with van der Waals surface area (Å²) in [6.45, 7) is 6.20. The molecule has 0 radical (unpaired) electrons. The zero-order valence-electron chi connectivity index (χ0n) is 12.4. The minimum atomic E-state index is -0.466. The molecule has 0 unspecified atom stereocenters. The van der Waals surface area contributed by atoms with Crippen LogP contribution in [0.5, 0.6) is 0 Å². The number of anilines is 1. The maximum atomic E-state index is 12.0. The van der Waals surface area contributed by atoms with Crippen LogP contribution in [0.4, 0.5) is 10.5 Å². The van der Waals surface area contributed by atoms with Gasteiger partial charge in [0.25, 0.3) is 0 Å². The maximum Gasteiger partial charge on any atom is 0.407 e. The predicted octanol–water partition coefficient (Wildman–Crippen LogP) is 2.92. The first-order chi connectivity index (χ1) is 9.39. The topological polar surface area (TPSA) is 67.4 Å². The van der Waals surface area contributed by atoms with Gasteiger partial charge in [0, 0.05) is 17.6 Å². The fourth-order valence-corrected chi connectivity index (χ4v) is 1.41. The van der Waals surface area contributed by atoms with Crippen molar-refractivity contribution in [3.63, 3.8) is 0 Å². The fraction of sp³-hybridized carbons (Fsp3) is 0.467. The number of alkyl carbamates (subject to hydrolysis) is 1. The van der Waals surface area contributed by atoms with Gasteiger partial charge in [-0.3, -0.25) is 4.79 Å². The van der Waals surface area contributed by atoms with E-state index in [1.807, 2.05) is 45.0 Å². The molecular weight excluding hydrogens is 256 g/mol. The van der Waals surface area contributed by atoms with Crippen LogP contribution in [0.3, 0.4) is 0 Å². The van der Waals surface area contributed by atoms with Gasteiger partial charge in [-0.2, -0.15) is 0 Å². The summed E-state index contributed by atoms with van der Waals surface area (Å²) in [5.74, 6) is 0.000403. The zero-order chi connectivity index (χ0) is 15.2. The molecule has 0 saturated carbocycles. The van der Waals surface area contributed by atoms with E-state index >= 15 is 0 Å². The van der Waals surface area contributed by atoms with Crippen molar-refractivity contribution in [1.29, 1.82) is 0 Å². The number of amides is 2. The number of rotatable bonds is 5. The maximum absolute atomic E-state index is 12.0. The first kappa shape index (κ1) is 16.0. The molecule has 2 amide bonds. The quantitative estimate of drug-likeness (QED) is 0.870. The molecular formula is C15H22N2O3. The minimum absolute atomic E-state index is 0.000403. The van der Waals surface area contributed by atoms with Crippen molar-refractivity contribution in [2.45, 2.75) is 33.7 Å². The van der Waals surface area contributed by atoms with E-state index in [-0.39, 0.29) is 11.3 Å². The Kier molecular flexibility index (Phi) is 5.55. The first-order valence-electron chi connectivity index (χ1n) is 6.61. The van der Waals surface area contributed by atoms with Gasteiger partial charge in [0.15, 0.2) is 0 Å². The van der Waals surface area contributed by atoms with Crippen LogP contribution in [0.2, 0.25) is 0 Å². The standard InChI is InChI=1S/C15H22N2O3/c1-5-15(2,3)13(18)17-12-8-6-11(7-9-12)10-16-14(19)20-4/h6-9H,5,10H2,1-4H3,(H,16,19)(H,17,18). The third kappa shape index (κ3) is 4.57. The number of benzene rings is 1. The molecule has 1 rings (SSSR count). The van der Waals surface area contributed by atoms with E-state index in [2.05, 4.69) is 15.4 Å². The molecule has 0 fully saturated rings. The number of hydrogen-bond acceptors (Lipinski definition) is 3. The van der Waals surface area contributed by atoms with Crippen LogP contribution in [-0.2, 0) is 16.1 Å². The Hall–Kier alpha value is -2.04. The van der Waals surface area contributed by atoms with Crippen LogP contribution in [0.25, 0.3) is 0 Å². The molecule has 5 nitrogen and oxygen atoms in total. The second-order valence-electron chi connectivity index (χ2n) is 5.23. The highest BCUT2D eigenvalue weighted by Crippen LogP contribution is 2.22. The van der Waals surface area contributed by atoms with Gasteiger partial charge in [-0.05, 0) is 24.1 Å². The van der Waals surface area contributed by atoms with E-state index in [4.69, 9.17) is 0 Å². The summed E-state index contributed by atoms with van der Waals surface area (Å²) in [4.78, 5) is 23.0. The van der Waals surface area contributed by atoms with E-state index < -0.39 is 6.09 Å². The first-order valence-corrected chi connectivity index (χ1v) is 6.61. The van der Waals surface area contributed by atoms with Gasteiger partial charge in [-0.1, -0.05) is 32.9 Å². The number of ether oxygens (including phenoxy) is 1. The van der Waals surface area contributed by atoms with E-state index in [9.17, 15) is 9.59 Å². The smallest absolute Gasteiger partial charge is 0.407 e. The monoisotopic (exact) mass is 278 g/mol. The average molecular weight is 278 g/mol. The number of hydrogen-bond donors (Lipinski definition) is 2. The second-order valence-corrected chi connectivity index (χ2v) is 5.23. The van der Waals surface area contributed by atoms with E-state index in [0.29, 0.717) is 6.54 Å². The van der Waals surface area contributed by atoms with Gasteiger partial charge in [0.05, 0.1) is 7.11 Å². The lowest BCUT2D eigenvalue weighted by atomic mass is 9.89. The highest BCUT2D eigenvalue weighted by atomic mass is 16.5. The lowest BCUT2D eigenvalue weighted by Gasteiger charge is -2.21. The average Bonchev–Trinajstić information content (AvgIpc) is 2.46. The van der Waals surface area contributed by atoms with Crippen LogP contribution in [-0.4, -0.2) is 19.1 Å². The van der Waals surface area contributed by atoms with Crippen LogP contribution in [0.15, 0.2) is 24.3 Å². The minimum Gasteiger partial charge on any atom is -0.453 e. The number of nitrogens with one attached hydrogen (secondary N) is 2.